The van der Waals surface area contributed by atoms with E-state index in [-0.39, 0.29) is 12.4 Å². The lowest BCUT2D eigenvalue weighted by atomic mass is 10.3. The zero-order valence-corrected chi connectivity index (χ0v) is 10.8. The van der Waals surface area contributed by atoms with Gasteiger partial charge in [0.25, 0.3) is 0 Å². The summed E-state index contributed by atoms with van der Waals surface area (Å²) in [5.74, 6) is -0.209. The van der Waals surface area contributed by atoms with Crippen LogP contribution in [0.1, 0.15) is 26.5 Å². The van der Waals surface area contributed by atoms with Crippen LogP contribution in [0.15, 0.2) is 5.38 Å². The molecular weight excluding hydrogens is 224 g/mol. The van der Waals surface area contributed by atoms with Crippen LogP contribution in [0.5, 0.6) is 0 Å². The number of hydrogen-bond acceptors (Lipinski definition) is 5. The van der Waals surface area contributed by atoms with Crippen molar-refractivity contribution in [3.63, 3.8) is 0 Å². The molecule has 1 rings (SSSR count). The topological polar surface area (TPSA) is 42.4 Å². The molecule has 4 nitrogen and oxygen atoms in total. The second-order valence-corrected chi connectivity index (χ2v) is 4.11. The summed E-state index contributed by atoms with van der Waals surface area (Å²) in [7, 11) is 0. The number of anilines is 1. The molecule has 1 aromatic rings. The Morgan fingerprint density at radius 1 is 1.44 bits per heavy atom. The first-order chi connectivity index (χ1) is 7.71. The van der Waals surface area contributed by atoms with E-state index in [9.17, 15) is 4.79 Å². The zero-order chi connectivity index (χ0) is 12.0. The molecule has 0 N–H and O–H groups in total. The lowest BCUT2D eigenvalue weighted by Crippen LogP contribution is -2.21. The maximum absolute atomic E-state index is 11.3. The summed E-state index contributed by atoms with van der Waals surface area (Å²) in [6.45, 7) is 8.28. The molecule has 16 heavy (non-hydrogen) atoms. The third-order valence-corrected chi connectivity index (χ3v) is 3.15. The number of ether oxygens (including phenoxy) is 1. The molecule has 0 atom stereocenters. The fraction of sp³-hybridized carbons (Fsp3) is 0.636. The van der Waals surface area contributed by atoms with Crippen molar-refractivity contribution in [2.45, 2.75) is 27.2 Å². The minimum atomic E-state index is -0.209. The van der Waals surface area contributed by atoms with Gasteiger partial charge in [-0.05, 0) is 20.8 Å². The molecule has 0 saturated carbocycles. The summed E-state index contributed by atoms with van der Waals surface area (Å²) >= 11 is 1.57. The number of rotatable bonds is 6. The van der Waals surface area contributed by atoms with Gasteiger partial charge in [-0.15, -0.1) is 11.3 Å². The fourth-order valence-corrected chi connectivity index (χ4v) is 2.33. The van der Waals surface area contributed by atoms with Crippen molar-refractivity contribution >= 4 is 22.4 Å². The molecule has 0 aromatic carbocycles. The van der Waals surface area contributed by atoms with Crippen LogP contribution in [0.3, 0.4) is 0 Å². The van der Waals surface area contributed by atoms with Crippen LogP contribution in [0.25, 0.3) is 0 Å². The molecule has 5 heteroatoms. The van der Waals surface area contributed by atoms with Crippen LogP contribution in [-0.4, -0.2) is 30.6 Å². The quantitative estimate of drug-likeness (QED) is 0.716. The number of nitrogens with zero attached hydrogens (tertiary/aromatic N) is 2. The summed E-state index contributed by atoms with van der Waals surface area (Å²) in [5.41, 5.74) is 0.797. The van der Waals surface area contributed by atoms with Gasteiger partial charge in [-0.2, -0.15) is 0 Å². The molecular formula is C11H18N2O2S. The third kappa shape index (κ3) is 3.48. The molecule has 0 fully saturated rings. The maximum Gasteiger partial charge on any atom is 0.311 e. The van der Waals surface area contributed by atoms with E-state index < -0.39 is 0 Å². The van der Waals surface area contributed by atoms with E-state index in [0.717, 1.165) is 23.9 Å². The molecule has 0 saturated heterocycles. The van der Waals surface area contributed by atoms with E-state index in [1.165, 1.54) is 0 Å². The number of esters is 1. The molecule has 0 amide bonds. The van der Waals surface area contributed by atoms with Crippen LogP contribution in [0.4, 0.5) is 5.13 Å². The minimum absolute atomic E-state index is 0.209. The highest BCUT2D eigenvalue weighted by atomic mass is 32.1. The number of aromatic nitrogens is 1. The third-order valence-electron chi connectivity index (χ3n) is 2.20. The van der Waals surface area contributed by atoms with Crippen molar-refractivity contribution in [3.8, 4) is 0 Å². The highest BCUT2D eigenvalue weighted by Crippen LogP contribution is 2.20. The predicted octanol–water partition coefficient (Wildman–Crippen LogP) is 2.09. The van der Waals surface area contributed by atoms with Crippen LogP contribution in [0.2, 0.25) is 0 Å². The minimum Gasteiger partial charge on any atom is -0.466 e. The van der Waals surface area contributed by atoms with Crippen molar-refractivity contribution < 1.29 is 9.53 Å². The Bertz CT molecular complexity index is 334. The zero-order valence-electron chi connectivity index (χ0n) is 10.0. The van der Waals surface area contributed by atoms with Crippen molar-refractivity contribution in [2.75, 3.05) is 24.6 Å². The normalized spacial score (nSPS) is 10.2. The monoisotopic (exact) mass is 242 g/mol. The SMILES string of the molecule is CCOC(=O)Cc1csc(N(CC)CC)n1. The van der Waals surface area contributed by atoms with Gasteiger partial charge in [0, 0.05) is 18.5 Å². The van der Waals surface area contributed by atoms with Crippen LogP contribution in [0, 0.1) is 0 Å². The van der Waals surface area contributed by atoms with Gasteiger partial charge in [0.1, 0.15) is 0 Å². The molecule has 0 spiro atoms. The van der Waals surface area contributed by atoms with E-state index in [1.54, 1.807) is 18.3 Å². The first-order valence-corrected chi connectivity index (χ1v) is 6.44. The van der Waals surface area contributed by atoms with E-state index >= 15 is 0 Å². The largest absolute Gasteiger partial charge is 0.466 e. The van der Waals surface area contributed by atoms with Crippen LogP contribution >= 0.6 is 11.3 Å². The summed E-state index contributed by atoms with van der Waals surface area (Å²) in [5, 5.41) is 2.90. The van der Waals surface area contributed by atoms with Gasteiger partial charge in [0.2, 0.25) is 0 Å². The highest BCUT2D eigenvalue weighted by molar-refractivity contribution is 7.13. The predicted molar refractivity (Wildman–Crippen MR) is 66.0 cm³/mol. The number of carbonyl (C=O) groups excluding carboxylic acids is 1. The van der Waals surface area contributed by atoms with E-state index in [1.807, 2.05) is 5.38 Å². The highest BCUT2D eigenvalue weighted by Gasteiger charge is 2.10. The first-order valence-electron chi connectivity index (χ1n) is 5.56. The summed E-state index contributed by atoms with van der Waals surface area (Å²) in [6, 6.07) is 0. The Morgan fingerprint density at radius 3 is 2.69 bits per heavy atom. The molecule has 0 aliphatic rings. The summed E-state index contributed by atoms with van der Waals surface area (Å²) < 4.78 is 4.88. The number of thiazole rings is 1. The first kappa shape index (κ1) is 13.0. The fourth-order valence-electron chi connectivity index (χ4n) is 1.38. The lowest BCUT2D eigenvalue weighted by molar-refractivity contribution is -0.142. The van der Waals surface area contributed by atoms with Gasteiger partial charge < -0.3 is 9.64 Å². The number of carbonyl (C=O) groups is 1. The number of hydrogen-bond donors (Lipinski definition) is 0. The Balaban J connectivity index is 2.60. The Kier molecular flexibility index (Phi) is 5.25. The van der Waals surface area contributed by atoms with E-state index in [2.05, 4.69) is 23.7 Å². The molecule has 90 valence electrons. The van der Waals surface area contributed by atoms with Gasteiger partial charge in [0.05, 0.1) is 18.7 Å². The van der Waals surface area contributed by atoms with Gasteiger partial charge in [0.15, 0.2) is 5.13 Å². The molecule has 0 aliphatic heterocycles. The summed E-state index contributed by atoms with van der Waals surface area (Å²) in [6.07, 6.45) is 0.269. The molecule has 0 bridgehead atoms. The van der Waals surface area contributed by atoms with Crippen LogP contribution in [-0.2, 0) is 16.0 Å². The second-order valence-electron chi connectivity index (χ2n) is 3.28. The van der Waals surface area contributed by atoms with Gasteiger partial charge in [-0.3, -0.25) is 4.79 Å². The average Bonchev–Trinajstić information content (AvgIpc) is 2.68. The van der Waals surface area contributed by atoms with Gasteiger partial charge >= 0.3 is 5.97 Å². The maximum atomic E-state index is 11.3. The smallest absolute Gasteiger partial charge is 0.311 e. The average molecular weight is 242 g/mol. The summed E-state index contributed by atoms with van der Waals surface area (Å²) in [4.78, 5) is 17.8. The molecule has 1 aromatic heterocycles. The van der Waals surface area contributed by atoms with E-state index in [4.69, 9.17) is 4.74 Å². The van der Waals surface area contributed by atoms with Crippen molar-refractivity contribution in [3.05, 3.63) is 11.1 Å². The van der Waals surface area contributed by atoms with Gasteiger partial charge in [-0.25, -0.2) is 4.98 Å². The van der Waals surface area contributed by atoms with E-state index in [0.29, 0.717) is 6.61 Å². The Hall–Kier alpha value is -1.10. The molecule has 0 aliphatic carbocycles. The van der Waals surface area contributed by atoms with Crippen LogP contribution < -0.4 is 4.90 Å². The van der Waals surface area contributed by atoms with Gasteiger partial charge in [-0.1, -0.05) is 0 Å². The second kappa shape index (κ2) is 6.48. The Morgan fingerprint density at radius 2 is 2.12 bits per heavy atom. The standard InChI is InChI=1S/C11H18N2O2S/c1-4-13(5-2)11-12-9(8-16-11)7-10(14)15-6-3/h8H,4-7H2,1-3H3. The Labute approximate surface area is 100 Å². The molecule has 0 unspecified atom stereocenters. The lowest BCUT2D eigenvalue weighted by Gasteiger charge is -2.16. The van der Waals surface area contributed by atoms with Crippen molar-refractivity contribution in [1.82, 2.24) is 4.98 Å². The molecule has 0 radical (unpaired) electrons. The van der Waals surface area contributed by atoms with Crippen molar-refractivity contribution in [1.29, 1.82) is 0 Å². The molecule has 1 heterocycles. The van der Waals surface area contributed by atoms with Crippen molar-refractivity contribution in [2.24, 2.45) is 0 Å².